The molecule has 0 unspecified atom stereocenters. The molecule has 0 radical (unpaired) electrons. The number of aryl methyl sites for hydroxylation is 2. The smallest absolute Gasteiger partial charge is 0.164 e. The Labute approximate surface area is 259 Å². The maximum absolute atomic E-state index is 6.34. The number of benzene rings is 7. The second-order valence-corrected chi connectivity index (χ2v) is 11.7. The van der Waals surface area contributed by atoms with Gasteiger partial charge in [-0.3, -0.25) is 0 Å². The summed E-state index contributed by atoms with van der Waals surface area (Å²) in [5.74, 6) is 1.95. The summed E-state index contributed by atoms with van der Waals surface area (Å²) in [6.45, 7) is 4.37. The molecule has 2 aromatic heterocycles. The van der Waals surface area contributed by atoms with E-state index in [1.165, 1.54) is 43.4 Å². The molecular formula is C41H27N3O. The van der Waals surface area contributed by atoms with E-state index in [4.69, 9.17) is 19.4 Å². The van der Waals surface area contributed by atoms with E-state index in [0.717, 1.165) is 38.6 Å². The molecule has 0 bridgehead atoms. The van der Waals surface area contributed by atoms with Crippen LogP contribution in [0, 0.1) is 13.8 Å². The van der Waals surface area contributed by atoms with E-state index in [1.807, 2.05) is 72.8 Å². The molecule has 9 aromatic rings. The average Bonchev–Trinajstić information content (AvgIpc) is 3.48. The van der Waals surface area contributed by atoms with Gasteiger partial charge in [-0.15, -0.1) is 0 Å². The zero-order valence-corrected chi connectivity index (χ0v) is 24.9. The van der Waals surface area contributed by atoms with Crippen molar-refractivity contribution in [3.05, 3.63) is 139 Å². The number of furan rings is 1. The Hall–Kier alpha value is -5.87. The van der Waals surface area contributed by atoms with Gasteiger partial charge in [-0.1, -0.05) is 103 Å². The summed E-state index contributed by atoms with van der Waals surface area (Å²) >= 11 is 0. The number of aromatic nitrogens is 3. The van der Waals surface area contributed by atoms with Crippen LogP contribution in [0.1, 0.15) is 11.1 Å². The highest BCUT2D eigenvalue weighted by molar-refractivity contribution is 6.34. The molecule has 4 nitrogen and oxygen atoms in total. The van der Waals surface area contributed by atoms with Gasteiger partial charge in [0.1, 0.15) is 11.2 Å². The van der Waals surface area contributed by atoms with Crippen LogP contribution in [0.4, 0.5) is 0 Å². The van der Waals surface area contributed by atoms with Crippen LogP contribution in [0.3, 0.4) is 0 Å². The van der Waals surface area contributed by atoms with Crippen molar-refractivity contribution in [2.24, 2.45) is 0 Å². The Morgan fingerprint density at radius 1 is 0.378 bits per heavy atom. The molecule has 0 amide bonds. The quantitative estimate of drug-likeness (QED) is 0.196. The third-order valence-corrected chi connectivity index (χ3v) is 9.00. The highest BCUT2D eigenvalue weighted by Gasteiger charge is 2.18. The lowest BCUT2D eigenvalue weighted by Gasteiger charge is -2.15. The van der Waals surface area contributed by atoms with Crippen LogP contribution in [0.2, 0.25) is 0 Å². The van der Waals surface area contributed by atoms with Crippen LogP contribution in [0.25, 0.3) is 88.4 Å². The molecule has 0 N–H and O–H groups in total. The first-order chi connectivity index (χ1) is 22.1. The van der Waals surface area contributed by atoms with E-state index in [2.05, 4.69) is 68.4 Å². The van der Waals surface area contributed by atoms with Gasteiger partial charge in [0.25, 0.3) is 0 Å². The predicted octanol–water partition coefficient (Wildman–Crippen LogP) is 10.8. The van der Waals surface area contributed by atoms with E-state index < -0.39 is 0 Å². The van der Waals surface area contributed by atoms with E-state index >= 15 is 0 Å². The van der Waals surface area contributed by atoms with Gasteiger partial charge < -0.3 is 4.42 Å². The minimum Gasteiger partial charge on any atom is -0.456 e. The zero-order chi connectivity index (χ0) is 30.1. The van der Waals surface area contributed by atoms with Crippen molar-refractivity contribution >= 4 is 54.3 Å². The Morgan fingerprint density at radius 2 is 0.889 bits per heavy atom. The van der Waals surface area contributed by atoms with Gasteiger partial charge in [-0.25, -0.2) is 15.0 Å². The number of hydrogen-bond acceptors (Lipinski definition) is 4. The molecule has 4 heteroatoms. The summed E-state index contributed by atoms with van der Waals surface area (Å²) in [5, 5.41) is 9.51. The second kappa shape index (κ2) is 9.83. The van der Waals surface area contributed by atoms with Gasteiger partial charge in [0.15, 0.2) is 17.5 Å². The maximum Gasteiger partial charge on any atom is 0.164 e. The SMILES string of the molecule is Cc1cc2c3cc(-c4nc(-c5ccccc5)nc(-c5ccccc5)n4)ccc3c3c(ccc4oc5ccccc5c43)c2cc1C. The lowest BCUT2D eigenvalue weighted by atomic mass is 9.89. The molecule has 0 aliphatic carbocycles. The Bertz CT molecular complexity index is 2550. The molecule has 0 saturated heterocycles. The van der Waals surface area contributed by atoms with Crippen molar-refractivity contribution in [2.45, 2.75) is 13.8 Å². The number of fused-ring (bicyclic) bond motifs is 10. The summed E-state index contributed by atoms with van der Waals surface area (Å²) in [6, 6.07) is 44.2. The largest absolute Gasteiger partial charge is 0.456 e. The van der Waals surface area contributed by atoms with Gasteiger partial charge in [0, 0.05) is 32.8 Å². The standard InChI is InChI=1S/C41H27N3O/c1-24-21-32-30-19-20-36-38(31-15-9-10-16-35(31)45-36)37(30)29-18-17-28(23-34(29)33(32)22-25(24)2)41-43-39(26-11-5-3-6-12-26)42-40(44-41)27-13-7-4-8-14-27/h3-23H,1-2H3. The molecule has 0 fully saturated rings. The fraction of sp³-hybridized carbons (Fsp3) is 0.0488. The minimum absolute atomic E-state index is 0.647. The maximum atomic E-state index is 6.34. The van der Waals surface area contributed by atoms with Crippen molar-refractivity contribution in [1.29, 1.82) is 0 Å². The van der Waals surface area contributed by atoms with Gasteiger partial charge >= 0.3 is 0 Å². The Morgan fingerprint density at radius 3 is 1.53 bits per heavy atom. The molecule has 0 spiro atoms. The van der Waals surface area contributed by atoms with Gasteiger partial charge in [-0.2, -0.15) is 0 Å². The van der Waals surface area contributed by atoms with Gasteiger partial charge in [-0.05, 0) is 76.2 Å². The fourth-order valence-corrected chi connectivity index (χ4v) is 6.64. The normalized spacial score (nSPS) is 11.8. The first kappa shape index (κ1) is 25.6. The lowest BCUT2D eigenvalue weighted by Crippen LogP contribution is -2.00. The van der Waals surface area contributed by atoms with Crippen LogP contribution in [-0.4, -0.2) is 15.0 Å². The highest BCUT2D eigenvalue weighted by Crippen LogP contribution is 2.43. The van der Waals surface area contributed by atoms with Crippen LogP contribution in [0.15, 0.2) is 132 Å². The fourth-order valence-electron chi connectivity index (χ4n) is 6.64. The van der Waals surface area contributed by atoms with E-state index in [9.17, 15) is 0 Å². The molecule has 0 saturated carbocycles. The number of rotatable bonds is 3. The van der Waals surface area contributed by atoms with Gasteiger partial charge in [0.2, 0.25) is 0 Å². The first-order valence-corrected chi connectivity index (χ1v) is 15.2. The van der Waals surface area contributed by atoms with Crippen LogP contribution >= 0.6 is 0 Å². The van der Waals surface area contributed by atoms with Gasteiger partial charge in [0.05, 0.1) is 0 Å². The van der Waals surface area contributed by atoms with E-state index in [1.54, 1.807) is 0 Å². The van der Waals surface area contributed by atoms with Crippen molar-refractivity contribution in [3.63, 3.8) is 0 Å². The summed E-state index contributed by atoms with van der Waals surface area (Å²) in [5.41, 5.74) is 7.19. The lowest BCUT2D eigenvalue weighted by molar-refractivity contribution is 0.669. The average molecular weight is 578 g/mol. The Kier molecular flexibility index (Phi) is 5.59. The number of para-hydroxylation sites is 1. The molecular weight excluding hydrogens is 550 g/mol. The molecule has 2 heterocycles. The van der Waals surface area contributed by atoms with Crippen LogP contribution < -0.4 is 0 Å². The number of hydrogen-bond donors (Lipinski definition) is 0. The van der Waals surface area contributed by atoms with Crippen LogP contribution in [0.5, 0.6) is 0 Å². The monoisotopic (exact) mass is 577 g/mol. The molecule has 0 aliphatic heterocycles. The third kappa shape index (κ3) is 4.03. The topological polar surface area (TPSA) is 51.8 Å². The molecule has 212 valence electrons. The van der Waals surface area contributed by atoms with Crippen molar-refractivity contribution in [3.8, 4) is 34.2 Å². The minimum atomic E-state index is 0.647. The molecule has 7 aromatic carbocycles. The van der Waals surface area contributed by atoms with Crippen molar-refractivity contribution < 1.29 is 4.42 Å². The summed E-state index contributed by atoms with van der Waals surface area (Å²) in [6.07, 6.45) is 0. The third-order valence-electron chi connectivity index (χ3n) is 9.00. The summed E-state index contributed by atoms with van der Waals surface area (Å²) in [4.78, 5) is 14.9. The second-order valence-electron chi connectivity index (χ2n) is 11.7. The van der Waals surface area contributed by atoms with Crippen molar-refractivity contribution in [2.75, 3.05) is 0 Å². The Balaban J connectivity index is 1.39. The number of nitrogens with zero attached hydrogens (tertiary/aromatic N) is 3. The van der Waals surface area contributed by atoms with Crippen LogP contribution in [-0.2, 0) is 0 Å². The molecule has 45 heavy (non-hydrogen) atoms. The zero-order valence-electron chi connectivity index (χ0n) is 24.9. The summed E-state index contributed by atoms with van der Waals surface area (Å²) < 4.78 is 6.34. The summed E-state index contributed by atoms with van der Waals surface area (Å²) in [7, 11) is 0. The van der Waals surface area contributed by atoms with E-state index in [-0.39, 0.29) is 0 Å². The first-order valence-electron chi connectivity index (χ1n) is 15.2. The molecule has 0 atom stereocenters. The highest BCUT2D eigenvalue weighted by atomic mass is 16.3. The van der Waals surface area contributed by atoms with E-state index in [0.29, 0.717) is 17.5 Å². The molecule has 0 aliphatic rings. The predicted molar refractivity (Wildman–Crippen MR) is 185 cm³/mol. The molecule has 9 rings (SSSR count). The van der Waals surface area contributed by atoms with Crippen molar-refractivity contribution in [1.82, 2.24) is 15.0 Å².